The van der Waals surface area contributed by atoms with Gasteiger partial charge in [0.15, 0.2) is 0 Å². The number of hydrogen-bond donors (Lipinski definition) is 2. The summed E-state index contributed by atoms with van der Waals surface area (Å²) >= 11 is 1.69. The van der Waals surface area contributed by atoms with Gasteiger partial charge >= 0.3 is 0 Å². The van der Waals surface area contributed by atoms with Crippen molar-refractivity contribution in [1.82, 2.24) is 10.6 Å². The highest BCUT2D eigenvalue weighted by molar-refractivity contribution is 7.11. The van der Waals surface area contributed by atoms with Crippen molar-refractivity contribution in [2.75, 3.05) is 6.54 Å². The SMILES string of the molecule is Cc1ccc(CC(C)NC(=O)CCNC(=O)c2ccc(F)cc2F)s1. The Morgan fingerprint density at radius 3 is 2.60 bits per heavy atom. The number of halogens is 2. The van der Waals surface area contributed by atoms with E-state index in [1.165, 1.54) is 9.75 Å². The number of aryl methyl sites for hydroxylation is 1. The smallest absolute Gasteiger partial charge is 0.254 e. The van der Waals surface area contributed by atoms with E-state index in [4.69, 9.17) is 0 Å². The van der Waals surface area contributed by atoms with Crippen molar-refractivity contribution < 1.29 is 18.4 Å². The number of carbonyl (C=O) groups excluding carboxylic acids is 2. The lowest BCUT2D eigenvalue weighted by atomic mass is 10.2. The average Bonchev–Trinajstić information content (AvgIpc) is 2.91. The van der Waals surface area contributed by atoms with Gasteiger partial charge < -0.3 is 10.6 Å². The summed E-state index contributed by atoms with van der Waals surface area (Å²) in [6, 6.07) is 6.80. The Balaban J connectivity index is 1.73. The lowest BCUT2D eigenvalue weighted by Gasteiger charge is -2.13. The third-order valence-corrected chi connectivity index (χ3v) is 4.55. The van der Waals surface area contributed by atoms with E-state index in [2.05, 4.69) is 10.6 Å². The van der Waals surface area contributed by atoms with E-state index in [1.807, 2.05) is 26.0 Å². The molecule has 0 aliphatic carbocycles. The fourth-order valence-electron chi connectivity index (χ4n) is 2.35. The normalized spacial score (nSPS) is 11.8. The molecule has 2 aromatic rings. The van der Waals surface area contributed by atoms with Crippen LogP contribution in [0, 0.1) is 18.6 Å². The van der Waals surface area contributed by atoms with Crippen LogP contribution in [-0.4, -0.2) is 24.4 Å². The molecule has 0 spiro atoms. The van der Waals surface area contributed by atoms with Gasteiger partial charge in [0.05, 0.1) is 5.56 Å². The second-order valence-corrected chi connectivity index (χ2v) is 7.19. The molecular weight excluding hydrogens is 346 g/mol. The minimum absolute atomic E-state index is 0.0178. The zero-order chi connectivity index (χ0) is 18.4. The van der Waals surface area contributed by atoms with Crippen LogP contribution in [0.3, 0.4) is 0 Å². The molecule has 1 unspecified atom stereocenters. The van der Waals surface area contributed by atoms with Crippen LogP contribution in [0.15, 0.2) is 30.3 Å². The molecule has 7 heteroatoms. The minimum Gasteiger partial charge on any atom is -0.353 e. The molecule has 25 heavy (non-hydrogen) atoms. The molecule has 4 nitrogen and oxygen atoms in total. The van der Waals surface area contributed by atoms with Crippen LogP contribution in [-0.2, 0) is 11.2 Å². The molecule has 1 aromatic carbocycles. The maximum absolute atomic E-state index is 13.5. The predicted octanol–water partition coefficient (Wildman–Crippen LogP) is 3.20. The van der Waals surface area contributed by atoms with Crippen LogP contribution in [0.2, 0.25) is 0 Å². The molecule has 2 rings (SSSR count). The molecule has 0 aliphatic rings. The van der Waals surface area contributed by atoms with Crippen molar-refractivity contribution in [2.24, 2.45) is 0 Å². The van der Waals surface area contributed by atoms with Gasteiger partial charge in [0, 0.05) is 41.2 Å². The summed E-state index contributed by atoms with van der Waals surface area (Å²) in [6.07, 6.45) is 0.833. The molecule has 1 atom stereocenters. The zero-order valence-electron chi connectivity index (χ0n) is 14.1. The van der Waals surface area contributed by atoms with Crippen molar-refractivity contribution in [3.05, 3.63) is 57.3 Å². The molecular formula is C18H20F2N2O2S. The van der Waals surface area contributed by atoms with Crippen molar-refractivity contribution in [3.8, 4) is 0 Å². The fraction of sp³-hybridized carbons (Fsp3) is 0.333. The van der Waals surface area contributed by atoms with E-state index in [-0.39, 0.29) is 30.5 Å². The third kappa shape index (κ3) is 5.94. The Morgan fingerprint density at radius 1 is 1.20 bits per heavy atom. The molecule has 1 aromatic heterocycles. The molecule has 0 fully saturated rings. The zero-order valence-corrected chi connectivity index (χ0v) is 14.9. The van der Waals surface area contributed by atoms with E-state index in [0.29, 0.717) is 6.07 Å². The topological polar surface area (TPSA) is 58.2 Å². The first-order valence-electron chi connectivity index (χ1n) is 7.93. The first-order valence-corrected chi connectivity index (χ1v) is 8.74. The highest BCUT2D eigenvalue weighted by Gasteiger charge is 2.13. The standard InChI is InChI=1S/C18H20F2N2O2S/c1-11(9-14-5-3-12(2)25-14)22-17(23)7-8-21-18(24)15-6-4-13(19)10-16(15)20/h3-6,10-11H,7-9H2,1-2H3,(H,21,24)(H,22,23). The van der Waals surface area contributed by atoms with Crippen LogP contribution < -0.4 is 10.6 Å². The van der Waals surface area contributed by atoms with E-state index in [0.717, 1.165) is 18.6 Å². The summed E-state index contributed by atoms with van der Waals surface area (Å²) in [6.45, 7) is 4.02. The van der Waals surface area contributed by atoms with Gasteiger partial charge in [-0.05, 0) is 38.1 Å². The van der Waals surface area contributed by atoms with Gasteiger partial charge in [-0.25, -0.2) is 8.78 Å². The molecule has 0 radical (unpaired) electrons. The monoisotopic (exact) mass is 366 g/mol. The van der Waals surface area contributed by atoms with Crippen LogP contribution in [0.4, 0.5) is 8.78 Å². The second-order valence-electron chi connectivity index (χ2n) is 5.82. The van der Waals surface area contributed by atoms with Gasteiger partial charge in [0.25, 0.3) is 5.91 Å². The molecule has 2 amide bonds. The van der Waals surface area contributed by atoms with E-state index in [1.54, 1.807) is 11.3 Å². The van der Waals surface area contributed by atoms with E-state index in [9.17, 15) is 18.4 Å². The molecule has 134 valence electrons. The molecule has 0 aliphatic heterocycles. The number of carbonyl (C=O) groups is 2. The summed E-state index contributed by atoms with van der Waals surface area (Å²) < 4.78 is 26.3. The van der Waals surface area contributed by atoms with Crippen molar-refractivity contribution >= 4 is 23.2 Å². The lowest BCUT2D eigenvalue weighted by Crippen LogP contribution is -2.36. The number of hydrogen-bond acceptors (Lipinski definition) is 3. The Labute approximate surface area is 149 Å². The summed E-state index contributed by atoms with van der Waals surface area (Å²) in [5.41, 5.74) is -0.247. The number of amides is 2. The van der Waals surface area contributed by atoms with Crippen molar-refractivity contribution in [2.45, 2.75) is 32.7 Å². The van der Waals surface area contributed by atoms with Crippen LogP contribution in [0.5, 0.6) is 0 Å². The van der Waals surface area contributed by atoms with Gasteiger partial charge in [-0.15, -0.1) is 11.3 Å². The van der Waals surface area contributed by atoms with Gasteiger partial charge in [0.1, 0.15) is 11.6 Å². The van der Waals surface area contributed by atoms with E-state index >= 15 is 0 Å². The van der Waals surface area contributed by atoms with Crippen molar-refractivity contribution in [3.63, 3.8) is 0 Å². The summed E-state index contributed by atoms with van der Waals surface area (Å²) in [5.74, 6) is -2.54. The summed E-state index contributed by atoms with van der Waals surface area (Å²) in [7, 11) is 0. The van der Waals surface area contributed by atoms with Crippen molar-refractivity contribution in [1.29, 1.82) is 0 Å². The fourth-order valence-corrected chi connectivity index (χ4v) is 3.37. The highest BCUT2D eigenvalue weighted by atomic mass is 32.1. The van der Waals surface area contributed by atoms with Gasteiger partial charge in [-0.3, -0.25) is 9.59 Å². The largest absolute Gasteiger partial charge is 0.353 e. The first-order chi connectivity index (χ1) is 11.8. The van der Waals surface area contributed by atoms with Gasteiger partial charge in [-0.1, -0.05) is 0 Å². The average molecular weight is 366 g/mol. The molecule has 0 saturated carbocycles. The second kappa shape index (κ2) is 8.71. The third-order valence-electron chi connectivity index (χ3n) is 3.52. The van der Waals surface area contributed by atoms with Crippen LogP contribution in [0.25, 0.3) is 0 Å². The number of benzene rings is 1. The Bertz CT molecular complexity index is 761. The predicted molar refractivity (Wildman–Crippen MR) is 93.7 cm³/mol. The highest BCUT2D eigenvalue weighted by Crippen LogP contribution is 2.16. The molecule has 0 saturated heterocycles. The maximum atomic E-state index is 13.5. The molecule has 1 heterocycles. The quantitative estimate of drug-likeness (QED) is 0.791. The molecule has 0 bridgehead atoms. The van der Waals surface area contributed by atoms with Gasteiger partial charge in [-0.2, -0.15) is 0 Å². The first kappa shape index (κ1) is 19.1. The number of thiophene rings is 1. The Morgan fingerprint density at radius 2 is 1.96 bits per heavy atom. The maximum Gasteiger partial charge on any atom is 0.254 e. The van der Waals surface area contributed by atoms with E-state index < -0.39 is 17.5 Å². The minimum atomic E-state index is -0.929. The van der Waals surface area contributed by atoms with Crippen LogP contribution >= 0.6 is 11.3 Å². The Hall–Kier alpha value is -2.28. The summed E-state index contributed by atoms with van der Waals surface area (Å²) in [4.78, 5) is 26.1. The number of rotatable bonds is 7. The van der Waals surface area contributed by atoms with Gasteiger partial charge in [0.2, 0.25) is 5.91 Å². The molecule has 2 N–H and O–H groups in total. The Kier molecular flexibility index (Phi) is 6.64. The number of nitrogens with one attached hydrogen (secondary N) is 2. The lowest BCUT2D eigenvalue weighted by molar-refractivity contribution is -0.121. The van der Waals surface area contributed by atoms with Crippen LogP contribution in [0.1, 0.15) is 33.5 Å². The summed E-state index contributed by atoms with van der Waals surface area (Å²) in [5, 5.41) is 5.32.